The van der Waals surface area contributed by atoms with Crippen LogP contribution in [0.3, 0.4) is 0 Å². The Kier molecular flexibility index (Phi) is 4.39. The molecule has 4 nitrogen and oxygen atoms in total. The fourth-order valence-corrected chi connectivity index (χ4v) is 1.63. The lowest BCUT2D eigenvalue weighted by molar-refractivity contribution is 0.139. The lowest BCUT2D eigenvalue weighted by Crippen LogP contribution is -2.31. The zero-order chi connectivity index (χ0) is 13.5. The number of hydrogen-bond donors (Lipinski definition) is 0. The summed E-state index contributed by atoms with van der Waals surface area (Å²) in [6, 6.07) is 12.8. The number of amides is 1. The van der Waals surface area contributed by atoms with Crippen molar-refractivity contribution in [2.75, 3.05) is 11.4 Å². The summed E-state index contributed by atoms with van der Waals surface area (Å²) in [7, 11) is 0. The van der Waals surface area contributed by atoms with Gasteiger partial charge in [-0.05, 0) is 24.3 Å². The molecule has 1 heterocycles. The maximum atomic E-state index is 12.0. The van der Waals surface area contributed by atoms with Crippen LogP contribution >= 0.6 is 0 Å². The van der Waals surface area contributed by atoms with E-state index in [0.29, 0.717) is 12.3 Å². The van der Waals surface area contributed by atoms with Gasteiger partial charge in [0.1, 0.15) is 5.76 Å². The van der Waals surface area contributed by atoms with Crippen LogP contribution in [0, 0.1) is 0 Å². The molecule has 1 aromatic carbocycles. The van der Waals surface area contributed by atoms with Crippen molar-refractivity contribution in [3.05, 3.63) is 67.1 Å². The molecule has 4 heteroatoms. The van der Waals surface area contributed by atoms with Crippen molar-refractivity contribution >= 4 is 11.8 Å². The number of anilines is 1. The van der Waals surface area contributed by atoms with Crippen molar-refractivity contribution in [1.82, 2.24) is 0 Å². The molecule has 2 aromatic rings. The minimum Gasteiger partial charge on any atom is -0.466 e. The quantitative estimate of drug-likeness (QED) is 0.768. The average Bonchev–Trinajstić information content (AvgIpc) is 2.96. The first-order valence-corrected chi connectivity index (χ1v) is 5.94. The van der Waals surface area contributed by atoms with Gasteiger partial charge in [-0.2, -0.15) is 0 Å². The van der Waals surface area contributed by atoms with Crippen molar-refractivity contribution in [2.45, 2.75) is 6.61 Å². The Bertz CT molecular complexity index is 520. The summed E-state index contributed by atoms with van der Waals surface area (Å²) in [5.41, 5.74) is 0.770. The topological polar surface area (TPSA) is 42.7 Å². The monoisotopic (exact) mass is 257 g/mol. The largest absolute Gasteiger partial charge is 0.466 e. The molecule has 0 unspecified atom stereocenters. The maximum Gasteiger partial charge on any atom is 0.415 e. The first kappa shape index (κ1) is 13.0. The van der Waals surface area contributed by atoms with E-state index in [2.05, 4.69) is 6.58 Å². The van der Waals surface area contributed by atoms with Crippen LogP contribution in [0.15, 0.2) is 65.8 Å². The molecule has 0 saturated heterocycles. The number of rotatable bonds is 5. The van der Waals surface area contributed by atoms with Crippen LogP contribution in [0.4, 0.5) is 10.5 Å². The number of ether oxygens (including phenoxy) is 1. The Labute approximate surface area is 111 Å². The molecule has 0 aliphatic heterocycles. The second-order valence-electron chi connectivity index (χ2n) is 3.87. The van der Waals surface area contributed by atoms with Crippen molar-refractivity contribution in [1.29, 1.82) is 0 Å². The fraction of sp³-hybridized carbons (Fsp3) is 0.133. The number of nitrogens with zero attached hydrogens (tertiary/aromatic N) is 1. The number of hydrogen-bond acceptors (Lipinski definition) is 3. The van der Waals surface area contributed by atoms with E-state index >= 15 is 0 Å². The number of carbonyl (C=O) groups excluding carboxylic acids is 1. The number of benzene rings is 1. The summed E-state index contributed by atoms with van der Waals surface area (Å²) in [6.07, 6.45) is 2.77. The minimum atomic E-state index is -0.428. The first-order valence-electron chi connectivity index (χ1n) is 5.94. The van der Waals surface area contributed by atoms with E-state index in [-0.39, 0.29) is 6.61 Å². The van der Waals surface area contributed by atoms with Gasteiger partial charge in [-0.3, -0.25) is 4.90 Å². The average molecular weight is 257 g/mol. The molecule has 2 rings (SSSR count). The SMILES string of the molecule is C=CCN(C(=O)OCc1ccco1)c1ccccc1. The Balaban J connectivity index is 2.02. The fourth-order valence-electron chi connectivity index (χ4n) is 1.63. The number of furan rings is 1. The summed E-state index contributed by atoms with van der Waals surface area (Å²) in [5, 5.41) is 0. The molecule has 1 amide bonds. The highest BCUT2D eigenvalue weighted by atomic mass is 16.6. The zero-order valence-electron chi connectivity index (χ0n) is 10.5. The van der Waals surface area contributed by atoms with Crippen molar-refractivity contribution in [3.63, 3.8) is 0 Å². The molecule has 0 aliphatic rings. The van der Waals surface area contributed by atoms with Gasteiger partial charge < -0.3 is 9.15 Å². The highest BCUT2D eigenvalue weighted by molar-refractivity contribution is 5.87. The van der Waals surface area contributed by atoms with Crippen LogP contribution < -0.4 is 4.90 Å². The number of para-hydroxylation sites is 1. The van der Waals surface area contributed by atoms with Gasteiger partial charge in [0.2, 0.25) is 0 Å². The molecule has 19 heavy (non-hydrogen) atoms. The predicted octanol–water partition coefficient (Wildman–Crippen LogP) is 3.61. The molecule has 98 valence electrons. The molecular weight excluding hydrogens is 242 g/mol. The van der Waals surface area contributed by atoms with E-state index in [1.54, 1.807) is 24.5 Å². The lowest BCUT2D eigenvalue weighted by Gasteiger charge is -2.20. The molecule has 0 saturated carbocycles. The van der Waals surface area contributed by atoms with Gasteiger partial charge in [0, 0.05) is 12.2 Å². The molecule has 1 aromatic heterocycles. The summed E-state index contributed by atoms with van der Waals surface area (Å²) in [4.78, 5) is 13.6. The maximum absolute atomic E-state index is 12.0. The van der Waals surface area contributed by atoms with Crippen LogP contribution in [0.5, 0.6) is 0 Å². The highest BCUT2D eigenvalue weighted by Gasteiger charge is 2.15. The molecule has 0 fully saturated rings. The van der Waals surface area contributed by atoms with Crippen LogP contribution in [0.2, 0.25) is 0 Å². The number of carbonyl (C=O) groups is 1. The van der Waals surface area contributed by atoms with Crippen LogP contribution in [0.25, 0.3) is 0 Å². The van der Waals surface area contributed by atoms with E-state index < -0.39 is 6.09 Å². The van der Waals surface area contributed by atoms with E-state index in [1.807, 2.05) is 30.3 Å². The zero-order valence-corrected chi connectivity index (χ0v) is 10.5. The third-order valence-corrected chi connectivity index (χ3v) is 2.52. The molecule has 0 atom stereocenters. The van der Waals surface area contributed by atoms with Crippen LogP contribution in [-0.2, 0) is 11.3 Å². The van der Waals surface area contributed by atoms with E-state index in [0.717, 1.165) is 5.69 Å². The van der Waals surface area contributed by atoms with E-state index in [9.17, 15) is 4.79 Å². The predicted molar refractivity (Wildman–Crippen MR) is 72.9 cm³/mol. The Morgan fingerprint density at radius 3 is 2.68 bits per heavy atom. The van der Waals surface area contributed by atoms with Crippen molar-refractivity contribution < 1.29 is 13.9 Å². The molecular formula is C15H15NO3. The van der Waals surface area contributed by atoms with Crippen LogP contribution in [-0.4, -0.2) is 12.6 Å². The van der Waals surface area contributed by atoms with Gasteiger partial charge in [-0.15, -0.1) is 6.58 Å². The van der Waals surface area contributed by atoms with Gasteiger partial charge in [0.15, 0.2) is 6.61 Å². The molecule has 0 aliphatic carbocycles. The molecule has 0 N–H and O–H groups in total. The lowest BCUT2D eigenvalue weighted by atomic mass is 10.3. The Morgan fingerprint density at radius 2 is 2.05 bits per heavy atom. The smallest absolute Gasteiger partial charge is 0.415 e. The van der Waals surface area contributed by atoms with E-state index in [1.165, 1.54) is 4.90 Å². The second kappa shape index (κ2) is 6.44. The van der Waals surface area contributed by atoms with E-state index in [4.69, 9.17) is 9.15 Å². The highest BCUT2D eigenvalue weighted by Crippen LogP contribution is 2.15. The van der Waals surface area contributed by atoms with Gasteiger partial charge >= 0.3 is 6.09 Å². The summed E-state index contributed by atoms with van der Waals surface area (Å²) < 4.78 is 10.3. The van der Waals surface area contributed by atoms with Gasteiger partial charge in [0.25, 0.3) is 0 Å². The standard InChI is InChI=1S/C15H15NO3/c1-2-10-16(13-7-4-3-5-8-13)15(17)19-12-14-9-6-11-18-14/h2-9,11H,1,10,12H2. The summed E-state index contributed by atoms with van der Waals surface area (Å²) in [5.74, 6) is 0.611. The minimum absolute atomic E-state index is 0.117. The van der Waals surface area contributed by atoms with Gasteiger partial charge in [-0.1, -0.05) is 24.3 Å². The van der Waals surface area contributed by atoms with Crippen molar-refractivity contribution in [3.8, 4) is 0 Å². The Morgan fingerprint density at radius 1 is 1.26 bits per heavy atom. The third-order valence-electron chi connectivity index (χ3n) is 2.52. The molecule has 0 radical (unpaired) electrons. The van der Waals surface area contributed by atoms with Crippen molar-refractivity contribution in [2.24, 2.45) is 0 Å². The third kappa shape index (κ3) is 3.48. The van der Waals surface area contributed by atoms with Gasteiger partial charge in [0.05, 0.1) is 6.26 Å². The molecule has 0 bridgehead atoms. The second-order valence-corrected chi connectivity index (χ2v) is 3.87. The first-order chi connectivity index (χ1) is 9.31. The van der Waals surface area contributed by atoms with Gasteiger partial charge in [-0.25, -0.2) is 4.79 Å². The normalized spacial score (nSPS) is 9.89. The van der Waals surface area contributed by atoms with Crippen LogP contribution in [0.1, 0.15) is 5.76 Å². The summed E-state index contributed by atoms with van der Waals surface area (Å²) in [6.45, 7) is 4.16. The molecule has 0 spiro atoms. The summed E-state index contributed by atoms with van der Waals surface area (Å²) >= 11 is 0. The Hall–Kier alpha value is -2.49.